The number of aromatic nitrogens is 2. The lowest BCUT2D eigenvalue weighted by Gasteiger charge is -2.29. The third-order valence-electron chi connectivity index (χ3n) is 4.67. The highest BCUT2D eigenvalue weighted by Crippen LogP contribution is 2.36. The molecule has 0 saturated carbocycles. The summed E-state index contributed by atoms with van der Waals surface area (Å²) in [5, 5.41) is 18.7. The second-order valence-corrected chi connectivity index (χ2v) is 6.58. The van der Waals surface area contributed by atoms with Crippen LogP contribution in [0.25, 0.3) is 11.1 Å². The van der Waals surface area contributed by atoms with Gasteiger partial charge in [0.05, 0.1) is 24.3 Å². The Morgan fingerprint density at radius 1 is 1.15 bits per heavy atom. The number of nitrogens with two attached hydrogens (primary N) is 1. The molecule has 146 valence electrons. The van der Waals surface area contributed by atoms with Gasteiger partial charge in [-0.05, 0) is 30.0 Å². The summed E-state index contributed by atoms with van der Waals surface area (Å²) >= 11 is 0. The van der Waals surface area contributed by atoms with Crippen LogP contribution >= 0.6 is 0 Å². The molecular weight excluding hydrogens is 361 g/mol. The largest absolute Gasteiger partial charge is 0.416 e. The fraction of sp³-hybridized carbons (Fsp3) is 0.444. The Morgan fingerprint density at radius 2 is 1.78 bits per heavy atom. The Morgan fingerprint density at radius 3 is 2.33 bits per heavy atom. The van der Waals surface area contributed by atoms with Gasteiger partial charge in [-0.1, -0.05) is 12.1 Å². The zero-order valence-corrected chi connectivity index (χ0v) is 14.5. The van der Waals surface area contributed by atoms with Crippen molar-refractivity contribution in [2.75, 3.05) is 24.6 Å². The average Bonchev–Trinajstić information content (AvgIpc) is 2.67. The fourth-order valence-electron chi connectivity index (χ4n) is 3.10. The third-order valence-corrected chi connectivity index (χ3v) is 4.67. The number of aliphatic hydroxyl groups excluding tert-OH is 2. The molecule has 6 nitrogen and oxygen atoms in total. The Hall–Kier alpha value is -2.23. The molecule has 9 heteroatoms. The molecule has 0 amide bonds. The molecule has 1 atom stereocenters. The van der Waals surface area contributed by atoms with Crippen LogP contribution in [0, 0.1) is 0 Å². The van der Waals surface area contributed by atoms with Gasteiger partial charge in [0.1, 0.15) is 0 Å². The maximum atomic E-state index is 13.4. The zero-order valence-electron chi connectivity index (χ0n) is 14.5. The van der Waals surface area contributed by atoms with E-state index in [1.54, 1.807) is 0 Å². The maximum absolute atomic E-state index is 13.4. The Labute approximate surface area is 154 Å². The van der Waals surface area contributed by atoms with Crippen molar-refractivity contribution in [2.24, 2.45) is 5.73 Å². The predicted molar refractivity (Wildman–Crippen MR) is 93.9 cm³/mol. The number of aliphatic hydroxyl groups is 2. The van der Waals surface area contributed by atoms with Crippen LogP contribution in [0.5, 0.6) is 0 Å². The lowest BCUT2D eigenvalue weighted by Crippen LogP contribution is -2.36. The average molecular weight is 382 g/mol. The molecule has 1 aromatic carbocycles. The van der Waals surface area contributed by atoms with Crippen LogP contribution in [0.4, 0.5) is 19.1 Å². The Balaban J connectivity index is 1.88. The lowest BCUT2D eigenvalue weighted by atomic mass is 9.96. The fourth-order valence-corrected chi connectivity index (χ4v) is 3.10. The van der Waals surface area contributed by atoms with Crippen molar-refractivity contribution in [1.82, 2.24) is 9.97 Å². The molecule has 0 bridgehead atoms. The molecule has 0 aliphatic carbocycles. The smallest absolute Gasteiger partial charge is 0.394 e. The van der Waals surface area contributed by atoms with E-state index >= 15 is 0 Å². The van der Waals surface area contributed by atoms with Crippen LogP contribution in [0.15, 0.2) is 30.6 Å². The molecular formula is C18H21F3N4O2. The molecule has 1 aliphatic heterocycles. The second kappa shape index (κ2) is 7.79. The molecule has 0 radical (unpaired) electrons. The number of nitrogens with zero attached hydrogens (tertiary/aromatic N) is 3. The van der Waals surface area contributed by atoms with Gasteiger partial charge in [0.15, 0.2) is 0 Å². The summed E-state index contributed by atoms with van der Waals surface area (Å²) in [7, 11) is 0. The van der Waals surface area contributed by atoms with Crippen LogP contribution in [-0.2, 0) is 6.18 Å². The van der Waals surface area contributed by atoms with Gasteiger partial charge in [-0.15, -0.1) is 0 Å². The van der Waals surface area contributed by atoms with Crippen molar-refractivity contribution < 1.29 is 23.4 Å². The topological polar surface area (TPSA) is 95.5 Å². The summed E-state index contributed by atoms with van der Waals surface area (Å²) in [6, 6.07) is 2.68. The monoisotopic (exact) mass is 382 g/mol. The summed E-state index contributed by atoms with van der Waals surface area (Å²) < 4.78 is 40.2. The first-order valence-electron chi connectivity index (χ1n) is 8.62. The van der Waals surface area contributed by atoms with E-state index in [-0.39, 0.29) is 11.7 Å². The van der Waals surface area contributed by atoms with Crippen LogP contribution in [0.1, 0.15) is 30.0 Å². The summed E-state index contributed by atoms with van der Waals surface area (Å²) in [4.78, 5) is 10.4. The lowest BCUT2D eigenvalue weighted by molar-refractivity contribution is -0.138. The maximum Gasteiger partial charge on any atom is 0.416 e. The standard InChI is InChI=1S/C18H21F3N4O2/c19-18(20,21)15-7-11(1-2-14(15)16(22)10-26)12-8-23-17(24-9-12)25-5-3-13(27)4-6-25/h1-2,7-9,13,16,26-27H,3-6,10,22H2. The number of rotatable bonds is 4. The molecule has 1 aromatic heterocycles. The molecule has 2 heterocycles. The van der Waals surface area contributed by atoms with Gasteiger partial charge in [0, 0.05) is 31.0 Å². The summed E-state index contributed by atoms with van der Waals surface area (Å²) in [5.74, 6) is 0.487. The molecule has 2 aromatic rings. The minimum atomic E-state index is -4.59. The van der Waals surface area contributed by atoms with Crippen molar-refractivity contribution in [3.05, 3.63) is 41.7 Å². The van der Waals surface area contributed by atoms with Crippen molar-refractivity contribution in [3.8, 4) is 11.1 Å². The highest BCUT2D eigenvalue weighted by atomic mass is 19.4. The van der Waals surface area contributed by atoms with Crippen molar-refractivity contribution >= 4 is 5.95 Å². The van der Waals surface area contributed by atoms with Crippen LogP contribution in [0.2, 0.25) is 0 Å². The number of hydrogen-bond acceptors (Lipinski definition) is 6. The highest BCUT2D eigenvalue weighted by molar-refractivity contribution is 5.64. The van der Waals surface area contributed by atoms with E-state index in [0.29, 0.717) is 43.0 Å². The molecule has 1 fully saturated rings. The normalized spacial score (nSPS) is 17.2. The van der Waals surface area contributed by atoms with Crippen molar-refractivity contribution in [2.45, 2.75) is 31.2 Å². The quantitative estimate of drug-likeness (QED) is 0.750. The number of hydrogen-bond donors (Lipinski definition) is 3. The number of alkyl halides is 3. The van der Waals surface area contributed by atoms with Gasteiger partial charge in [0.2, 0.25) is 5.95 Å². The molecule has 3 rings (SSSR count). The highest BCUT2D eigenvalue weighted by Gasteiger charge is 2.35. The van der Waals surface area contributed by atoms with Gasteiger partial charge in [-0.3, -0.25) is 0 Å². The van der Waals surface area contributed by atoms with Gasteiger partial charge in [-0.2, -0.15) is 13.2 Å². The van der Waals surface area contributed by atoms with Crippen LogP contribution < -0.4 is 10.6 Å². The van der Waals surface area contributed by atoms with Gasteiger partial charge in [0.25, 0.3) is 0 Å². The molecule has 1 aliphatic rings. The van der Waals surface area contributed by atoms with Crippen molar-refractivity contribution in [3.63, 3.8) is 0 Å². The SMILES string of the molecule is NC(CO)c1ccc(-c2cnc(N3CCC(O)CC3)nc2)cc1C(F)(F)F. The van der Waals surface area contributed by atoms with Gasteiger partial charge in [-0.25, -0.2) is 9.97 Å². The summed E-state index contributed by atoms with van der Waals surface area (Å²) in [6.07, 6.45) is -0.680. The summed E-state index contributed by atoms with van der Waals surface area (Å²) in [5.41, 5.74) is 5.33. The first-order chi connectivity index (χ1) is 12.8. The minimum Gasteiger partial charge on any atom is -0.394 e. The molecule has 1 saturated heterocycles. The number of anilines is 1. The van der Waals surface area contributed by atoms with E-state index in [4.69, 9.17) is 10.8 Å². The predicted octanol–water partition coefficient (Wildman–Crippen LogP) is 2.12. The molecule has 27 heavy (non-hydrogen) atoms. The zero-order chi connectivity index (χ0) is 19.6. The van der Waals surface area contributed by atoms with E-state index in [2.05, 4.69) is 9.97 Å². The first-order valence-corrected chi connectivity index (χ1v) is 8.62. The van der Waals surface area contributed by atoms with E-state index in [9.17, 15) is 18.3 Å². The number of benzene rings is 1. The van der Waals surface area contributed by atoms with E-state index in [1.165, 1.54) is 24.5 Å². The van der Waals surface area contributed by atoms with E-state index in [0.717, 1.165) is 6.07 Å². The molecule has 1 unspecified atom stereocenters. The second-order valence-electron chi connectivity index (χ2n) is 6.58. The Bertz CT molecular complexity index is 775. The van der Waals surface area contributed by atoms with E-state index in [1.807, 2.05) is 4.90 Å². The molecule has 0 spiro atoms. The minimum absolute atomic E-state index is 0.154. The van der Waals surface area contributed by atoms with Crippen molar-refractivity contribution in [1.29, 1.82) is 0 Å². The van der Waals surface area contributed by atoms with Crippen LogP contribution in [-0.4, -0.2) is 46.0 Å². The van der Waals surface area contributed by atoms with Gasteiger partial charge < -0.3 is 20.8 Å². The third kappa shape index (κ3) is 4.37. The first kappa shape index (κ1) is 19.5. The number of halogens is 3. The van der Waals surface area contributed by atoms with E-state index < -0.39 is 24.4 Å². The number of piperidine rings is 1. The Kier molecular flexibility index (Phi) is 5.64. The molecule has 4 N–H and O–H groups in total. The van der Waals surface area contributed by atoms with Crippen LogP contribution in [0.3, 0.4) is 0 Å². The van der Waals surface area contributed by atoms with Gasteiger partial charge >= 0.3 is 6.18 Å². The summed E-state index contributed by atoms with van der Waals surface area (Å²) in [6.45, 7) is 0.684.